The molecule has 0 amide bonds. The van der Waals surface area contributed by atoms with Crippen LogP contribution in [0.3, 0.4) is 0 Å². The molecule has 0 nitrogen and oxygen atoms in total. The molecule has 0 unspecified atom stereocenters. The summed E-state index contributed by atoms with van der Waals surface area (Å²) >= 11 is 0. The topological polar surface area (TPSA) is 0 Å². The third kappa shape index (κ3) is 4.07. The van der Waals surface area contributed by atoms with Crippen LogP contribution in [-0.2, 0) is 6.42 Å². The second-order valence-corrected chi connectivity index (χ2v) is 10.3. The molecular formula is C20H24Si. The number of benzene rings is 2. The Balaban J connectivity index is 2.22. The predicted octanol–water partition coefficient (Wildman–Crippen LogP) is 4.88. The molecule has 0 aliphatic heterocycles. The lowest BCUT2D eigenvalue weighted by Crippen LogP contribution is -2.43. The van der Waals surface area contributed by atoms with Crippen molar-refractivity contribution < 1.29 is 0 Å². The fraction of sp³-hybridized carbons (Fsp3) is 0.250. The van der Waals surface area contributed by atoms with Crippen molar-refractivity contribution in [3.63, 3.8) is 0 Å². The minimum absolute atomic E-state index is 1.10. The van der Waals surface area contributed by atoms with E-state index in [2.05, 4.69) is 92.5 Å². The Morgan fingerprint density at radius 3 is 2.10 bits per heavy atom. The number of aryl methyl sites for hydroxylation is 1. The van der Waals surface area contributed by atoms with Gasteiger partial charge in [0.15, 0.2) is 0 Å². The van der Waals surface area contributed by atoms with Gasteiger partial charge in [0.05, 0.1) is 0 Å². The fourth-order valence-electron chi connectivity index (χ4n) is 2.68. The molecule has 2 aromatic carbocycles. The predicted molar refractivity (Wildman–Crippen MR) is 95.6 cm³/mol. The molecule has 108 valence electrons. The van der Waals surface area contributed by atoms with Gasteiger partial charge >= 0.3 is 0 Å². The summed E-state index contributed by atoms with van der Waals surface area (Å²) in [6, 6.07) is 21.7. The monoisotopic (exact) mass is 292 g/mol. The Kier molecular flexibility index (Phi) is 5.38. The lowest BCUT2D eigenvalue weighted by molar-refractivity contribution is 0.978. The molecule has 0 radical (unpaired) electrons. The van der Waals surface area contributed by atoms with E-state index in [1.165, 1.54) is 15.9 Å². The standard InChI is InChI=1S/C20H24Si/c1-4-11-19(17-16-18-12-7-5-8-13-18)21(2,3)20-14-9-6-10-15-20/h4-10,12-15H,16-17H2,1-3H3. The lowest BCUT2D eigenvalue weighted by Gasteiger charge is -2.25. The smallest absolute Gasteiger partial charge is 0.116 e. The highest BCUT2D eigenvalue weighted by atomic mass is 28.3. The average molecular weight is 292 g/mol. The van der Waals surface area contributed by atoms with Crippen LogP contribution in [0.25, 0.3) is 0 Å². The summed E-state index contributed by atoms with van der Waals surface area (Å²) in [7, 11) is -1.61. The van der Waals surface area contributed by atoms with Crippen molar-refractivity contribution in [3.05, 3.63) is 83.2 Å². The van der Waals surface area contributed by atoms with E-state index < -0.39 is 8.07 Å². The van der Waals surface area contributed by atoms with Crippen LogP contribution < -0.4 is 5.19 Å². The van der Waals surface area contributed by atoms with Crippen LogP contribution in [0.2, 0.25) is 13.1 Å². The van der Waals surface area contributed by atoms with Crippen molar-refractivity contribution in [2.24, 2.45) is 0 Å². The molecule has 0 heterocycles. The first kappa shape index (κ1) is 15.6. The zero-order chi connectivity index (χ0) is 15.1. The van der Waals surface area contributed by atoms with E-state index >= 15 is 0 Å². The van der Waals surface area contributed by atoms with E-state index in [4.69, 9.17) is 0 Å². The number of hydrogen-bond acceptors (Lipinski definition) is 0. The van der Waals surface area contributed by atoms with Crippen LogP contribution in [0.1, 0.15) is 18.9 Å². The highest BCUT2D eigenvalue weighted by molar-refractivity contribution is 6.95. The highest BCUT2D eigenvalue weighted by Crippen LogP contribution is 2.20. The maximum absolute atomic E-state index is 3.55. The van der Waals surface area contributed by atoms with E-state index in [1.54, 1.807) is 0 Å². The van der Waals surface area contributed by atoms with Gasteiger partial charge in [0, 0.05) is 0 Å². The van der Waals surface area contributed by atoms with E-state index in [1.807, 2.05) is 0 Å². The molecule has 0 saturated heterocycles. The molecular weight excluding hydrogens is 268 g/mol. The van der Waals surface area contributed by atoms with Crippen molar-refractivity contribution in [2.45, 2.75) is 32.9 Å². The molecule has 0 saturated carbocycles. The normalized spacial score (nSPS) is 10.8. The highest BCUT2D eigenvalue weighted by Gasteiger charge is 2.27. The van der Waals surface area contributed by atoms with E-state index in [-0.39, 0.29) is 0 Å². The van der Waals surface area contributed by atoms with Crippen molar-refractivity contribution >= 4 is 13.3 Å². The second kappa shape index (κ2) is 7.26. The van der Waals surface area contributed by atoms with Gasteiger partial charge in [-0.1, -0.05) is 78.9 Å². The maximum atomic E-state index is 3.55. The van der Waals surface area contributed by atoms with Gasteiger partial charge < -0.3 is 0 Å². The first-order chi connectivity index (χ1) is 10.1. The SMILES string of the molecule is CC=C=C(CCc1ccccc1)[Si](C)(C)c1ccccc1. The Labute approximate surface area is 129 Å². The van der Waals surface area contributed by atoms with Crippen LogP contribution in [0.4, 0.5) is 0 Å². The minimum atomic E-state index is -1.61. The Morgan fingerprint density at radius 2 is 1.52 bits per heavy atom. The van der Waals surface area contributed by atoms with Gasteiger partial charge in [0.1, 0.15) is 8.07 Å². The third-order valence-corrected chi connectivity index (χ3v) is 7.75. The second-order valence-electron chi connectivity index (χ2n) is 5.89. The van der Waals surface area contributed by atoms with Crippen LogP contribution in [-0.4, -0.2) is 8.07 Å². The van der Waals surface area contributed by atoms with Crippen molar-refractivity contribution in [1.29, 1.82) is 0 Å². The van der Waals surface area contributed by atoms with Crippen LogP contribution in [0.15, 0.2) is 77.7 Å². The quantitative estimate of drug-likeness (QED) is 0.544. The average Bonchev–Trinajstić information content (AvgIpc) is 2.53. The summed E-state index contributed by atoms with van der Waals surface area (Å²) in [4.78, 5) is 0. The molecule has 0 fully saturated rings. The maximum Gasteiger partial charge on any atom is 0.116 e. The zero-order valence-corrected chi connectivity index (χ0v) is 14.3. The molecule has 0 atom stereocenters. The summed E-state index contributed by atoms with van der Waals surface area (Å²) in [5, 5.41) is 2.99. The fourth-order valence-corrected chi connectivity index (χ4v) is 5.31. The third-order valence-electron chi connectivity index (χ3n) is 4.07. The Bertz CT molecular complexity index is 617. The first-order valence-corrected chi connectivity index (χ1v) is 10.6. The molecule has 0 spiro atoms. The molecule has 0 aliphatic carbocycles. The van der Waals surface area contributed by atoms with Crippen molar-refractivity contribution in [2.75, 3.05) is 0 Å². The largest absolute Gasteiger partial charge is 0.130 e. The molecule has 2 aromatic rings. The van der Waals surface area contributed by atoms with Gasteiger partial charge in [-0.2, -0.15) is 0 Å². The molecule has 2 rings (SSSR count). The van der Waals surface area contributed by atoms with Gasteiger partial charge in [0.2, 0.25) is 0 Å². The Morgan fingerprint density at radius 1 is 0.952 bits per heavy atom. The zero-order valence-electron chi connectivity index (χ0n) is 13.3. The van der Waals surface area contributed by atoms with E-state index in [0.717, 1.165) is 12.8 Å². The number of allylic oxidation sites excluding steroid dienone is 1. The van der Waals surface area contributed by atoms with Gasteiger partial charge in [-0.3, -0.25) is 0 Å². The van der Waals surface area contributed by atoms with Crippen LogP contribution >= 0.6 is 0 Å². The molecule has 0 bridgehead atoms. The summed E-state index contributed by atoms with van der Waals surface area (Å²) in [6.45, 7) is 6.93. The summed E-state index contributed by atoms with van der Waals surface area (Å²) in [5.41, 5.74) is 4.95. The number of rotatable bonds is 5. The van der Waals surface area contributed by atoms with Crippen molar-refractivity contribution in [3.8, 4) is 0 Å². The van der Waals surface area contributed by atoms with Gasteiger partial charge in [-0.05, 0) is 36.6 Å². The van der Waals surface area contributed by atoms with Crippen LogP contribution in [0, 0.1) is 0 Å². The lowest BCUT2D eigenvalue weighted by atomic mass is 10.1. The minimum Gasteiger partial charge on any atom is -0.130 e. The van der Waals surface area contributed by atoms with Crippen LogP contribution in [0.5, 0.6) is 0 Å². The molecule has 0 N–H and O–H groups in total. The van der Waals surface area contributed by atoms with Gasteiger partial charge in [-0.25, -0.2) is 0 Å². The molecule has 0 aromatic heterocycles. The first-order valence-electron chi connectivity index (χ1n) is 7.64. The van der Waals surface area contributed by atoms with Gasteiger partial charge in [-0.15, -0.1) is 5.73 Å². The summed E-state index contributed by atoms with van der Waals surface area (Å²) in [5.74, 6) is 0. The summed E-state index contributed by atoms with van der Waals surface area (Å²) < 4.78 is 0. The van der Waals surface area contributed by atoms with Gasteiger partial charge in [0.25, 0.3) is 0 Å². The number of hydrogen-bond donors (Lipinski definition) is 0. The molecule has 1 heteroatoms. The molecule has 0 aliphatic rings. The van der Waals surface area contributed by atoms with Crippen molar-refractivity contribution in [1.82, 2.24) is 0 Å². The Hall–Kier alpha value is -1.82. The van der Waals surface area contributed by atoms with E-state index in [9.17, 15) is 0 Å². The summed E-state index contributed by atoms with van der Waals surface area (Å²) in [6.07, 6.45) is 4.26. The molecule has 21 heavy (non-hydrogen) atoms. The van der Waals surface area contributed by atoms with E-state index in [0.29, 0.717) is 0 Å².